The Hall–Kier alpha value is -1.35. The number of rotatable bonds is 7. The van der Waals surface area contributed by atoms with Crippen molar-refractivity contribution < 1.29 is 8.42 Å². The number of fused-ring (bicyclic) bond motifs is 3. The lowest BCUT2D eigenvalue weighted by atomic mass is 9.74. The number of nitrogens with zero attached hydrogens (tertiary/aromatic N) is 3. The second-order valence-electron chi connectivity index (χ2n) is 8.41. The van der Waals surface area contributed by atoms with Gasteiger partial charge in [0.2, 0.25) is 10.0 Å². The number of benzene rings is 1. The molecule has 0 aliphatic carbocycles. The van der Waals surface area contributed by atoms with E-state index in [4.69, 9.17) is 4.98 Å². The zero-order valence-corrected chi connectivity index (χ0v) is 19.9. The number of aryl methyl sites for hydroxylation is 1. The van der Waals surface area contributed by atoms with Gasteiger partial charge in [0, 0.05) is 40.8 Å². The molecule has 3 fully saturated rings. The number of nitrogens with one attached hydrogen (secondary N) is 1. The van der Waals surface area contributed by atoms with Crippen molar-refractivity contribution in [2.75, 3.05) is 25.4 Å². The van der Waals surface area contributed by atoms with E-state index >= 15 is 0 Å². The van der Waals surface area contributed by atoms with Gasteiger partial charge in [-0.2, -0.15) is 0 Å². The van der Waals surface area contributed by atoms with Crippen molar-refractivity contribution >= 4 is 26.0 Å². The van der Waals surface area contributed by atoms with E-state index in [9.17, 15) is 8.42 Å². The standard InChI is InChI=1S/C22H29BrN4O2S/c1-3-10-30(28,29)24-13-17-11-16-8-9-27(17)14-19(16)22-12-21(25-15(2)26-22)18-6-4-5-7-20(18)23/h4-7,12,16-17,19,24H,3,8-11,13-14H2,1-2H3. The third-order valence-electron chi connectivity index (χ3n) is 6.28. The first kappa shape index (κ1) is 21.9. The number of sulfonamides is 1. The summed E-state index contributed by atoms with van der Waals surface area (Å²) < 4.78 is 27.9. The Kier molecular flexibility index (Phi) is 6.58. The molecule has 3 aliphatic heterocycles. The van der Waals surface area contributed by atoms with Crippen molar-refractivity contribution in [2.45, 2.75) is 45.1 Å². The van der Waals surface area contributed by atoms with Crippen LogP contribution in [-0.2, 0) is 10.0 Å². The summed E-state index contributed by atoms with van der Waals surface area (Å²) in [5.74, 6) is 1.88. The highest BCUT2D eigenvalue weighted by molar-refractivity contribution is 9.10. The van der Waals surface area contributed by atoms with Gasteiger partial charge in [-0.15, -0.1) is 0 Å². The minimum atomic E-state index is -3.16. The summed E-state index contributed by atoms with van der Waals surface area (Å²) in [5.41, 5.74) is 3.13. The van der Waals surface area contributed by atoms with Gasteiger partial charge in [-0.3, -0.25) is 4.90 Å². The van der Waals surface area contributed by atoms with Crippen LogP contribution in [0, 0.1) is 12.8 Å². The van der Waals surface area contributed by atoms with E-state index in [-0.39, 0.29) is 11.8 Å². The number of aromatic nitrogens is 2. The number of hydrogen-bond donors (Lipinski definition) is 1. The first-order valence-electron chi connectivity index (χ1n) is 10.7. The van der Waals surface area contributed by atoms with Crippen LogP contribution < -0.4 is 4.72 Å². The molecule has 5 rings (SSSR count). The lowest BCUT2D eigenvalue weighted by molar-refractivity contribution is 0.0317. The molecule has 1 N–H and O–H groups in total. The zero-order chi connectivity index (χ0) is 21.3. The maximum atomic E-state index is 12.1. The lowest BCUT2D eigenvalue weighted by Crippen LogP contribution is -2.56. The Bertz CT molecular complexity index is 1010. The fourth-order valence-corrected chi connectivity index (χ4v) is 6.45. The summed E-state index contributed by atoms with van der Waals surface area (Å²) in [7, 11) is -3.16. The molecule has 2 aromatic rings. The maximum Gasteiger partial charge on any atom is 0.211 e. The maximum absolute atomic E-state index is 12.1. The van der Waals surface area contributed by atoms with Crippen LogP contribution in [0.25, 0.3) is 11.3 Å². The van der Waals surface area contributed by atoms with E-state index < -0.39 is 10.0 Å². The molecular weight excluding hydrogens is 464 g/mol. The smallest absolute Gasteiger partial charge is 0.211 e. The van der Waals surface area contributed by atoms with Crippen LogP contribution in [0.5, 0.6) is 0 Å². The van der Waals surface area contributed by atoms with Crippen LogP contribution in [0.4, 0.5) is 0 Å². The van der Waals surface area contributed by atoms with Gasteiger partial charge in [0.1, 0.15) is 5.82 Å². The van der Waals surface area contributed by atoms with Gasteiger partial charge in [0.15, 0.2) is 0 Å². The molecule has 6 nitrogen and oxygen atoms in total. The molecule has 4 atom stereocenters. The molecule has 4 heterocycles. The van der Waals surface area contributed by atoms with Gasteiger partial charge in [0.25, 0.3) is 0 Å². The van der Waals surface area contributed by atoms with Crippen LogP contribution in [-0.4, -0.2) is 54.7 Å². The molecule has 0 amide bonds. The predicted molar refractivity (Wildman–Crippen MR) is 123 cm³/mol. The number of piperidine rings is 3. The summed E-state index contributed by atoms with van der Waals surface area (Å²) in [6, 6.07) is 10.5. The highest BCUT2D eigenvalue weighted by atomic mass is 79.9. The Morgan fingerprint density at radius 1 is 1.27 bits per heavy atom. The van der Waals surface area contributed by atoms with Gasteiger partial charge in [-0.05, 0) is 50.8 Å². The topological polar surface area (TPSA) is 75.2 Å². The second-order valence-corrected chi connectivity index (χ2v) is 11.2. The summed E-state index contributed by atoms with van der Waals surface area (Å²) in [5, 5.41) is 0. The molecule has 8 heteroatoms. The van der Waals surface area contributed by atoms with Crippen molar-refractivity contribution in [3.63, 3.8) is 0 Å². The van der Waals surface area contributed by atoms with E-state index in [1.165, 1.54) is 0 Å². The highest BCUT2D eigenvalue weighted by Crippen LogP contribution is 2.42. The predicted octanol–water partition coefficient (Wildman–Crippen LogP) is 3.72. The third kappa shape index (κ3) is 4.77. The third-order valence-corrected chi connectivity index (χ3v) is 8.52. The van der Waals surface area contributed by atoms with Crippen LogP contribution in [0.2, 0.25) is 0 Å². The number of halogens is 1. The first-order chi connectivity index (χ1) is 14.4. The van der Waals surface area contributed by atoms with Gasteiger partial charge < -0.3 is 0 Å². The molecule has 2 bridgehead atoms. The summed E-state index contributed by atoms with van der Waals surface area (Å²) >= 11 is 3.64. The summed E-state index contributed by atoms with van der Waals surface area (Å²) in [6.07, 6.45) is 2.78. The van der Waals surface area contributed by atoms with Crippen LogP contribution in [0.15, 0.2) is 34.8 Å². The lowest BCUT2D eigenvalue weighted by Gasteiger charge is -2.49. The highest BCUT2D eigenvalue weighted by Gasteiger charge is 2.41. The molecule has 3 aliphatic rings. The Morgan fingerprint density at radius 3 is 2.77 bits per heavy atom. The van der Waals surface area contributed by atoms with E-state index in [2.05, 4.69) is 42.7 Å². The SMILES string of the molecule is CCCS(=O)(=O)NCC1CC2CCN1CC2c1cc(-c2ccccc2Br)nc(C)n1. The van der Waals surface area contributed by atoms with Crippen LogP contribution >= 0.6 is 15.9 Å². The molecule has 4 unspecified atom stereocenters. The average Bonchev–Trinajstić information content (AvgIpc) is 2.72. The van der Waals surface area contributed by atoms with Crippen molar-refractivity contribution in [2.24, 2.45) is 5.92 Å². The fraction of sp³-hybridized carbons (Fsp3) is 0.545. The van der Waals surface area contributed by atoms with Gasteiger partial charge in [-0.25, -0.2) is 23.1 Å². The molecule has 1 aromatic heterocycles. The van der Waals surface area contributed by atoms with Gasteiger partial charge in [0.05, 0.1) is 11.4 Å². The molecule has 30 heavy (non-hydrogen) atoms. The van der Waals surface area contributed by atoms with Crippen molar-refractivity contribution in [1.29, 1.82) is 0 Å². The molecule has 0 radical (unpaired) electrons. The molecule has 3 saturated heterocycles. The van der Waals surface area contributed by atoms with Crippen LogP contribution in [0.1, 0.15) is 43.6 Å². The van der Waals surface area contributed by atoms with E-state index in [0.29, 0.717) is 24.8 Å². The Morgan fingerprint density at radius 2 is 2.07 bits per heavy atom. The molecule has 1 aromatic carbocycles. The van der Waals surface area contributed by atoms with Crippen molar-refractivity contribution in [3.8, 4) is 11.3 Å². The monoisotopic (exact) mass is 492 g/mol. The normalized spacial score (nSPS) is 26.1. The largest absolute Gasteiger partial charge is 0.298 e. The average molecular weight is 493 g/mol. The Balaban J connectivity index is 1.51. The van der Waals surface area contributed by atoms with E-state index in [0.717, 1.165) is 53.2 Å². The van der Waals surface area contributed by atoms with Crippen molar-refractivity contribution in [1.82, 2.24) is 19.6 Å². The molecule has 0 saturated carbocycles. The minimum absolute atomic E-state index is 0.198. The van der Waals surface area contributed by atoms with E-state index in [1.54, 1.807) is 0 Å². The summed E-state index contributed by atoms with van der Waals surface area (Å²) in [4.78, 5) is 11.9. The molecular formula is C22H29BrN4O2S. The Labute approximate surface area is 187 Å². The van der Waals surface area contributed by atoms with Crippen molar-refractivity contribution in [3.05, 3.63) is 46.3 Å². The van der Waals surface area contributed by atoms with Gasteiger partial charge in [-0.1, -0.05) is 41.1 Å². The summed E-state index contributed by atoms with van der Waals surface area (Å²) in [6.45, 7) is 6.31. The molecule has 0 spiro atoms. The second kappa shape index (κ2) is 9.02. The van der Waals surface area contributed by atoms with Gasteiger partial charge >= 0.3 is 0 Å². The molecule has 162 valence electrons. The quantitative estimate of drug-likeness (QED) is 0.637. The number of hydrogen-bond acceptors (Lipinski definition) is 5. The zero-order valence-electron chi connectivity index (χ0n) is 17.5. The minimum Gasteiger partial charge on any atom is -0.298 e. The fourth-order valence-electron chi connectivity index (χ4n) is 4.84. The first-order valence-corrected chi connectivity index (χ1v) is 13.1. The van der Waals surface area contributed by atoms with Crippen LogP contribution in [0.3, 0.4) is 0 Å². The van der Waals surface area contributed by atoms with E-state index in [1.807, 2.05) is 32.0 Å².